The van der Waals surface area contributed by atoms with E-state index in [0.717, 1.165) is 12.0 Å². The van der Waals surface area contributed by atoms with Crippen molar-refractivity contribution in [1.82, 2.24) is 0 Å². The van der Waals surface area contributed by atoms with Gasteiger partial charge in [0, 0.05) is 31.4 Å². The molecular weight excluding hydrogens is 278 g/mol. The number of nitrogens with two attached hydrogens (primary N) is 1. The van der Waals surface area contributed by atoms with Crippen molar-refractivity contribution in [3.05, 3.63) is 34.9 Å². The van der Waals surface area contributed by atoms with Crippen LogP contribution >= 0.6 is 11.6 Å². The maximum atomic E-state index is 6.00. The van der Waals surface area contributed by atoms with Gasteiger partial charge in [-0.1, -0.05) is 23.7 Å². The maximum Gasteiger partial charge on any atom is 0.0973 e. The third-order valence-corrected chi connectivity index (χ3v) is 3.05. The second-order valence-electron chi connectivity index (χ2n) is 4.66. The molecule has 0 heterocycles. The largest absolute Gasteiger partial charge is 0.382 e. The fourth-order valence-corrected chi connectivity index (χ4v) is 2.05. The highest BCUT2D eigenvalue weighted by molar-refractivity contribution is 6.30. The molecule has 0 aliphatic carbocycles. The standard InChI is InChI=1S/C15H24ClNO3/c1-12(17)15(13-5-3-6-14(16)11-13)20-8-4-7-19-10-9-18-2/h3,5-6,11-12,15H,4,7-10,17H2,1-2H3. The van der Waals surface area contributed by atoms with Gasteiger partial charge in [0.05, 0.1) is 19.3 Å². The van der Waals surface area contributed by atoms with Crippen LogP contribution in [0.3, 0.4) is 0 Å². The summed E-state index contributed by atoms with van der Waals surface area (Å²) < 4.78 is 16.1. The first-order valence-electron chi connectivity index (χ1n) is 6.84. The predicted octanol–water partition coefficient (Wildman–Crippen LogP) is 2.80. The molecule has 0 aromatic heterocycles. The van der Waals surface area contributed by atoms with Gasteiger partial charge >= 0.3 is 0 Å². The molecule has 0 bridgehead atoms. The van der Waals surface area contributed by atoms with E-state index in [9.17, 15) is 0 Å². The smallest absolute Gasteiger partial charge is 0.0973 e. The molecule has 0 fully saturated rings. The minimum absolute atomic E-state index is 0.0946. The zero-order valence-corrected chi connectivity index (χ0v) is 12.9. The Morgan fingerprint density at radius 2 is 2.00 bits per heavy atom. The van der Waals surface area contributed by atoms with Gasteiger partial charge in [-0.25, -0.2) is 0 Å². The molecule has 1 aromatic rings. The van der Waals surface area contributed by atoms with Crippen LogP contribution in [-0.2, 0) is 14.2 Å². The summed E-state index contributed by atoms with van der Waals surface area (Å²) >= 11 is 6.00. The molecule has 0 saturated carbocycles. The van der Waals surface area contributed by atoms with Crippen molar-refractivity contribution in [2.45, 2.75) is 25.5 Å². The highest BCUT2D eigenvalue weighted by Gasteiger charge is 2.16. The number of halogens is 1. The Labute approximate surface area is 126 Å². The topological polar surface area (TPSA) is 53.7 Å². The van der Waals surface area contributed by atoms with Crippen LogP contribution in [0.25, 0.3) is 0 Å². The van der Waals surface area contributed by atoms with E-state index in [0.29, 0.717) is 31.5 Å². The molecule has 2 atom stereocenters. The third-order valence-electron chi connectivity index (χ3n) is 2.82. The van der Waals surface area contributed by atoms with Crippen LogP contribution in [0.4, 0.5) is 0 Å². The lowest BCUT2D eigenvalue weighted by molar-refractivity contribution is 0.0143. The van der Waals surface area contributed by atoms with Crippen LogP contribution in [0.5, 0.6) is 0 Å². The number of hydrogen-bond donors (Lipinski definition) is 1. The number of rotatable bonds is 10. The van der Waals surface area contributed by atoms with Crippen molar-refractivity contribution < 1.29 is 14.2 Å². The van der Waals surface area contributed by atoms with Gasteiger partial charge in [-0.15, -0.1) is 0 Å². The second-order valence-corrected chi connectivity index (χ2v) is 5.10. The lowest BCUT2D eigenvalue weighted by Gasteiger charge is -2.22. The van der Waals surface area contributed by atoms with Crippen molar-refractivity contribution in [3.63, 3.8) is 0 Å². The average Bonchev–Trinajstić information content (AvgIpc) is 2.41. The normalized spacial score (nSPS) is 14.2. The lowest BCUT2D eigenvalue weighted by atomic mass is 10.0. The number of benzene rings is 1. The van der Waals surface area contributed by atoms with Crippen LogP contribution in [0.15, 0.2) is 24.3 Å². The molecule has 5 heteroatoms. The van der Waals surface area contributed by atoms with E-state index >= 15 is 0 Å². The molecule has 4 nitrogen and oxygen atoms in total. The van der Waals surface area contributed by atoms with Crippen LogP contribution in [0.2, 0.25) is 5.02 Å². The molecule has 0 radical (unpaired) electrons. The van der Waals surface area contributed by atoms with Crippen LogP contribution < -0.4 is 5.73 Å². The monoisotopic (exact) mass is 301 g/mol. The van der Waals surface area contributed by atoms with Gasteiger partial charge in [-0.2, -0.15) is 0 Å². The number of ether oxygens (including phenoxy) is 3. The zero-order chi connectivity index (χ0) is 14.8. The highest BCUT2D eigenvalue weighted by atomic mass is 35.5. The van der Waals surface area contributed by atoms with Gasteiger partial charge < -0.3 is 19.9 Å². The molecular formula is C15H24ClNO3. The van der Waals surface area contributed by atoms with Crippen molar-refractivity contribution in [2.75, 3.05) is 33.5 Å². The van der Waals surface area contributed by atoms with E-state index in [-0.39, 0.29) is 12.1 Å². The Morgan fingerprint density at radius 3 is 2.65 bits per heavy atom. The fourth-order valence-electron chi connectivity index (χ4n) is 1.85. The van der Waals surface area contributed by atoms with E-state index in [2.05, 4.69) is 0 Å². The van der Waals surface area contributed by atoms with Gasteiger partial charge in [0.15, 0.2) is 0 Å². The van der Waals surface area contributed by atoms with E-state index in [4.69, 9.17) is 31.5 Å². The lowest BCUT2D eigenvalue weighted by Crippen LogP contribution is -2.27. The van der Waals surface area contributed by atoms with Crippen molar-refractivity contribution in [2.24, 2.45) is 5.73 Å². The number of methoxy groups -OCH3 is 1. The summed E-state index contributed by atoms with van der Waals surface area (Å²) in [6.45, 7) is 4.42. The Kier molecular flexibility index (Phi) is 8.82. The summed E-state index contributed by atoms with van der Waals surface area (Å²) in [6.07, 6.45) is 0.681. The van der Waals surface area contributed by atoms with E-state index in [1.54, 1.807) is 7.11 Å². The summed E-state index contributed by atoms with van der Waals surface area (Å²) in [7, 11) is 1.66. The quantitative estimate of drug-likeness (QED) is 0.675. The Bertz CT molecular complexity index is 374. The van der Waals surface area contributed by atoms with Gasteiger partial charge in [-0.05, 0) is 31.0 Å². The zero-order valence-electron chi connectivity index (χ0n) is 12.2. The summed E-state index contributed by atoms with van der Waals surface area (Å²) in [5.74, 6) is 0. The molecule has 2 N–H and O–H groups in total. The molecule has 20 heavy (non-hydrogen) atoms. The van der Waals surface area contributed by atoms with Gasteiger partial charge in [0.2, 0.25) is 0 Å². The van der Waals surface area contributed by atoms with Crippen molar-refractivity contribution >= 4 is 11.6 Å². The minimum Gasteiger partial charge on any atom is -0.382 e. The van der Waals surface area contributed by atoms with E-state index in [1.807, 2.05) is 31.2 Å². The van der Waals surface area contributed by atoms with Gasteiger partial charge in [-0.3, -0.25) is 0 Å². The summed E-state index contributed by atoms with van der Waals surface area (Å²) in [6, 6.07) is 7.53. The third kappa shape index (κ3) is 6.68. The maximum absolute atomic E-state index is 6.00. The molecule has 114 valence electrons. The Balaban J connectivity index is 2.33. The summed E-state index contributed by atoms with van der Waals surface area (Å²) in [5.41, 5.74) is 6.99. The van der Waals surface area contributed by atoms with E-state index in [1.165, 1.54) is 0 Å². The Hall–Kier alpha value is -0.650. The summed E-state index contributed by atoms with van der Waals surface area (Å²) in [4.78, 5) is 0. The molecule has 0 amide bonds. The van der Waals surface area contributed by atoms with E-state index < -0.39 is 0 Å². The molecule has 0 aliphatic heterocycles. The minimum atomic E-state index is -0.146. The first kappa shape index (κ1) is 17.4. The molecule has 0 spiro atoms. The fraction of sp³-hybridized carbons (Fsp3) is 0.600. The second kappa shape index (κ2) is 10.1. The molecule has 0 saturated heterocycles. The first-order chi connectivity index (χ1) is 9.65. The van der Waals surface area contributed by atoms with Crippen LogP contribution in [0.1, 0.15) is 25.0 Å². The SMILES string of the molecule is COCCOCCCOC(c1cccc(Cl)c1)C(C)N. The molecule has 1 rings (SSSR count). The van der Waals surface area contributed by atoms with Crippen molar-refractivity contribution in [3.8, 4) is 0 Å². The summed E-state index contributed by atoms with van der Waals surface area (Å²) in [5, 5.41) is 0.694. The molecule has 2 unspecified atom stereocenters. The van der Waals surface area contributed by atoms with Gasteiger partial charge in [0.25, 0.3) is 0 Å². The highest BCUT2D eigenvalue weighted by Crippen LogP contribution is 2.23. The number of hydrogen-bond acceptors (Lipinski definition) is 4. The van der Waals surface area contributed by atoms with Crippen LogP contribution in [-0.4, -0.2) is 39.6 Å². The Morgan fingerprint density at radius 1 is 1.20 bits per heavy atom. The molecule has 0 aliphatic rings. The van der Waals surface area contributed by atoms with Gasteiger partial charge in [0.1, 0.15) is 0 Å². The first-order valence-corrected chi connectivity index (χ1v) is 7.22. The average molecular weight is 302 g/mol. The molecule has 1 aromatic carbocycles. The predicted molar refractivity (Wildman–Crippen MR) is 81.1 cm³/mol. The van der Waals surface area contributed by atoms with Crippen LogP contribution in [0, 0.1) is 0 Å². The van der Waals surface area contributed by atoms with Crippen molar-refractivity contribution in [1.29, 1.82) is 0 Å².